The van der Waals surface area contributed by atoms with Gasteiger partial charge in [-0.1, -0.05) is 36.8 Å². The Morgan fingerprint density at radius 2 is 1.94 bits per heavy atom. The van der Waals surface area contributed by atoms with Gasteiger partial charge in [-0.3, -0.25) is 4.90 Å². The third-order valence-corrected chi connectivity index (χ3v) is 8.26. The molecule has 0 N–H and O–H groups in total. The van der Waals surface area contributed by atoms with Crippen molar-refractivity contribution in [3.8, 4) is 0 Å². The molecule has 1 fully saturated rings. The maximum Gasteiger partial charge on any atom is 0.187 e. The molecule has 2 aromatic carbocycles. The van der Waals surface area contributed by atoms with Gasteiger partial charge >= 0.3 is 0 Å². The van der Waals surface area contributed by atoms with Crippen molar-refractivity contribution < 1.29 is 17.2 Å². The summed E-state index contributed by atoms with van der Waals surface area (Å²) in [5, 5.41) is 0.233. The summed E-state index contributed by atoms with van der Waals surface area (Å²) >= 11 is 0.916. The summed E-state index contributed by atoms with van der Waals surface area (Å²) in [7, 11) is -4.08. The van der Waals surface area contributed by atoms with Crippen LogP contribution in [0.1, 0.15) is 54.4 Å². The molecular weight excluding hydrogens is 440 g/mol. The Labute approximate surface area is 184 Å². The molecule has 1 saturated heterocycles. The van der Waals surface area contributed by atoms with Gasteiger partial charge in [0.05, 0.1) is 0 Å². The van der Waals surface area contributed by atoms with Crippen LogP contribution in [0.15, 0.2) is 53.7 Å². The predicted octanol–water partition coefficient (Wildman–Crippen LogP) is 5.08. The van der Waals surface area contributed by atoms with E-state index in [1.807, 2.05) is 25.1 Å². The zero-order valence-corrected chi connectivity index (χ0v) is 18.7. The van der Waals surface area contributed by atoms with Gasteiger partial charge in [0.15, 0.2) is 9.84 Å². The van der Waals surface area contributed by atoms with Gasteiger partial charge in [0.25, 0.3) is 0 Å². The molecule has 2 heterocycles. The minimum Gasteiger partial charge on any atom is -0.290 e. The fraction of sp³-hybridized carbons (Fsp3) is 0.364. The number of rotatable bonds is 6. The molecule has 0 saturated carbocycles. The van der Waals surface area contributed by atoms with E-state index in [1.165, 1.54) is 6.33 Å². The van der Waals surface area contributed by atoms with E-state index >= 15 is 4.39 Å². The molecule has 31 heavy (non-hydrogen) atoms. The smallest absolute Gasteiger partial charge is 0.187 e. The molecular formula is C22H23F2N3O2S2. The second-order valence-corrected chi connectivity index (χ2v) is 10.6. The fourth-order valence-corrected chi connectivity index (χ4v) is 6.41. The molecule has 0 radical (unpaired) electrons. The normalized spacial score (nSPS) is 18.7. The highest BCUT2D eigenvalue weighted by Crippen LogP contribution is 2.38. The Bertz CT molecular complexity index is 1140. The van der Waals surface area contributed by atoms with Gasteiger partial charge in [-0.15, -0.1) is 0 Å². The molecule has 5 nitrogen and oxygen atoms in total. The van der Waals surface area contributed by atoms with E-state index in [4.69, 9.17) is 0 Å². The Morgan fingerprint density at radius 1 is 1.16 bits per heavy atom. The van der Waals surface area contributed by atoms with Crippen LogP contribution in [0.3, 0.4) is 0 Å². The average Bonchev–Trinajstić information content (AvgIpc) is 3.27. The van der Waals surface area contributed by atoms with Crippen LogP contribution < -0.4 is 0 Å². The van der Waals surface area contributed by atoms with Gasteiger partial charge in [-0.25, -0.2) is 22.2 Å². The quantitative estimate of drug-likeness (QED) is 0.510. The topological polar surface area (TPSA) is 63.2 Å². The maximum atomic E-state index is 15.1. The van der Waals surface area contributed by atoms with E-state index in [0.29, 0.717) is 0 Å². The monoisotopic (exact) mass is 463 g/mol. The predicted molar refractivity (Wildman–Crippen MR) is 115 cm³/mol. The summed E-state index contributed by atoms with van der Waals surface area (Å²) in [5.74, 6) is -2.17. The number of sulfone groups is 1. The van der Waals surface area contributed by atoms with Gasteiger partial charge in [-0.2, -0.15) is 4.37 Å². The first-order chi connectivity index (χ1) is 14.9. The second-order valence-electron chi connectivity index (χ2n) is 7.73. The Kier molecular flexibility index (Phi) is 6.45. The van der Waals surface area contributed by atoms with Crippen molar-refractivity contribution in [2.45, 2.75) is 48.9 Å². The third-order valence-electron chi connectivity index (χ3n) is 5.78. The number of halogens is 2. The SMILES string of the molecule is C[C@H](c1cc(F)c(S(=O)(=O)Cc2ncns2)cc1F)N1CCCC[C@@H]1c1ccccc1. The van der Waals surface area contributed by atoms with Gasteiger partial charge in [-0.05, 0) is 55.5 Å². The molecule has 164 valence electrons. The van der Waals surface area contributed by atoms with Gasteiger partial charge in [0.2, 0.25) is 0 Å². The van der Waals surface area contributed by atoms with E-state index in [1.54, 1.807) is 0 Å². The summed E-state index contributed by atoms with van der Waals surface area (Å²) in [5.41, 5.74) is 1.31. The number of benzene rings is 2. The minimum atomic E-state index is -4.08. The number of piperidine rings is 1. The Balaban J connectivity index is 1.64. The summed E-state index contributed by atoms with van der Waals surface area (Å²) in [6.45, 7) is 2.60. The third kappa shape index (κ3) is 4.68. The number of hydrogen-bond acceptors (Lipinski definition) is 6. The molecule has 3 aromatic rings. The first-order valence-corrected chi connectivity index (χ1v) is 12.6. The van der Waals surface area contributed by atoms with Crippen LogP contribution in [0.4, 0.5) is 8.78 Å². The Hall–Kier alpha value is -2.23. The maximum absolute atomic E-state index is 15.1. The standard InChI is InChI=1S/C22H23F2N3O2S2/c1-15(27-10-6-5-9-20(27)16-7-3-2-4-8-16)17-11-19(24)21(12-18(17)23)31(28,29)13-22-25-14-26-30-22/h2-4,7-8,11-12,14-15,20H,5-6,9-10,13H2,1H3/t15-,20-/m1/s1. The average molecular weight is 464 g/mol. The van der Waals surface area contributed by atoms with E-state index in [2.05, 4.69) is 26.4 Å². The van der Waals surface area contributed by atoms with Crippen molar-refractivity contribution >= 4 is 21.4 Å². The lowest BCUT2D eigenvalue weighted by molar-refractivity contribution is 0.101. The summed E-state index contributed by atoms with van der Waals surface area (Å²) in [4.78, 5) is 5.36. The molecule has 2 atom stereocenters. The van der Waals surface area contributed by atoms with Crippen molar-refractivity contribution in [3.63, 3.8) is 0 Å². The van der Waals surface area contributed by atoms with E-state index in [-0.39, 0.29) is 16.6 Å². The van der Waals surface area contributed by atoms with Crippen LogP contribution >= 0.6 is 11.5 Å². The highest BCUT2D eigenvalue weighted by molar-refractivity contribution is 7.90. The molecule has 4 rings (SSSR count). The molecule has 1 aliphatic rings. The molecule has 0 bridgehead atoms. The van der Waals surface area contributed by atoms with Gasteiger partial charge < -0.3 is 0 Å². The van der Waals surface area contributed by atoms with Gasteiger partial charge in [0.1, 0.15) is 33.6 Å². The first kappa shape index (κ1) is 22.0. The second kappa shape index (κ2) is 9.10. The number of nitrogens with zero attached hydrogens (tertiary/aromatic N) is 3. The molecule has 0 unspecified atom stereocenters. The van der Waals surface area contributed by atoms with Crippen LogP contribution in [0.2, 0.25) is 0 Å². The molecule has 0 spiro atoms. The van der Waals surface area contributed by atoms with Crippen molar-refractivity contribution in [2.24, 2.45) is 0 Å². The van der Waals surface area contributed by atoms with Crippen molar-refractivity contribution in [1.29, 1.82) is 0 Å². The molecule has 0 amide bonds. The van der Waals surface area contributed by atoms with E-state index in [0.717, 1.165) is 55.0 Å². The zero-order valence-electron chi connectivity index (χ0n) is 17.0. The molecule has 1 aliphatic heterocycles. The Morgan fingerprint density at radius 3 is 2.65 bits per heavy atom. The van der Waals surface area contributed by atoms with Crippen LogP contribution in [-0.2, 0) is 15.6 Å². The summed E-state index contributed by atoms with van der Waals surface area (Å²) in [6.07, 6.45) is 4.22. The number of hydrogen-bond donors (Lipinski definition) is 0. The lowest BCUT2D eigenvalue weighted by Crippen LogP contribution is -2.36. The van der Waals surface area contributed by atoms with Crippen LogP contribution in [0.5, 0.6) is 0 Å². The zero-order chi connectivity index (χ0) is 22.0. The van der Waals surface area contributed by atoms with Crippen LogP contribution in [0, 0.1) is 11.6 Å². The van der Waals surface area contributed by atoms with Crippen LogP contribution in [0.25, 0.3) is 0 Å². The van der Waals surface area contributed by atoms with Crippen molar-refractivity contribution in [1.82, 2.24) is 14.3 Å². The number of aromatic nitrogens is 2. The lowest BCUT2D eigenvalue weighted by Gasteiger charge is -2.40. The molecule has 1 aromatic heterocycles. The van der Waals surface area contributed by atoms with Crippen molar-refractivity contribution in [2.75, 3.05) is 6.54 Å². The van der Waals surface area contributed by atoms with Crippen molar-refractivity contribution in [3.05, 3.63) is 76.6 Å². The fourth-order valence-electron chi connectivity index (χ4n) is 4.23. The van der Waals surface area contributed by atoms with E-state index < -0.39 is 38.2 Å². The molecule has 9 heteroatoms. The largest absolute Gasteiger partial charge is 0.290 e. The summed E-state index contributed by atoms with van der Waals surface area (Å²) < 4.78 is 59.0. The van der Waals surface area contributed by atoms with Gasteiger partial charge in [0, 0.05) is 17.6 Å². The van der Waals surface area contributed by atoms with Crippen LogP contribution in [-0.4, -0.2) is 29.2 Å². The number of likely N-dealkylation sites (tertiary alicyclic amines) is 1. The first-order valence-electron chi connectivity index (χ1n) is 10.1. The summed E-state index contributed by atoms with van der Waals surface area (Å²) in [6, 6.07) is 11.5. The lowest BCUT2D eigenvalue weighted by atomic mass is 9.92. The van der Waals surface area contributed by atoms with E-state index in [9.17, 15) is 12.8 Å². The highest BCUT2D eigenvalue weighted by atomic mass is 32.2. The minimum absolute atomic E-state index is 0.105. The molecule has 0 aliphatic carbocycles. The highest BCUT2D eigenvalue weighted by Gasteiger charge is 2.31.